The summed E-state index contributed by atoms with van der Waals surface area (Å²) < 4.78 is 0. The Morgan fingerprint density at radius 3 is 2.14 bits per heavy atom. The van der Waals surface area contributed by atoms with Gasteiger partial charge in [0.25, 0.3) is 5.69 Å². The van der Waals surface area contributed by atoms with Crippen molar-refractivity contribution in [1.82, 2.24) is 5.32 Å². The summed E-state index contributed by atoms with van der Waals surface area (Å²) in [7, 11) is 0. The molecular formula is C16H14N2O4. The largest absolute Gasteiger partial charge is 0.342 e. The number of ketones is 1. The molecule has 2 aromatic carbocycles. The van der Waals surface area contributed by atoms with E-state index in [1.807, 2.05) is 6.07 Å². The molecule has 0 bridgehead atoms. The number of hydrogen-bond donors (Lipinski definition) is 1. The fourth-order valence-electron chi connectivity index (χ4n) is 2.06. The van der Waals surface area contributed by atoms with Gasteiger partial charge in [-0.3, -0.25) is 19.7 Å². The van der Waals surface area contributed by atoms with Crippen LogP contribution in [0.15, 0.2) is 54.6 Å². The average molecular weight is 298 g/mol. The first-order valence-electron chi connectivity index (χ1n) is 6.60. The second-order valence-corrected chi connectivity index (χ2v) is 4.71. The summed E-state index contributed by atoms with van der Waals surface area (Å²) in [5.74, 6) is -0.652. The molecule has 1 N–H and O–H groups in total. The smallest absolute Gasteiger partial charge is 0.269 e. The first-order chi connectivity index (χ1) is 10.5. The van der Waals surface area contributed by atoms with E-state index in [2.05, 4.69) is 5.32 Å². The number of nitro groups is 1. The lowest BCUT2D eigenvalue weighted by molar-refractivity contribution is -0.384. The van der Waals surface area contributed by atoms with Crippen LogP contribution >= 0.6 is 0 Å². The van der Waals surface area contributed by atoms with Gasteiger partial charge in [-0.2, -0.15) is 0 Å². The molecule has 0 radical (unpaired) electrons. The number of benzene rings is 2. The minimum atomic E-state index is -0.819. The van der Waals surface area contributed by atoms with E-state index in [-0.39, 0.29) is 17.4 Å². The zero-order chi connectivity index (χ0) is 16.1. The monoisotopic (exact) mass is 298 g/mol. The normalized spacial score (nSPS) is 11.5. The molecule has 0 saturated heterocycles. The van der Waals surface area contributed by atoms with Crippen LogP contribution in [0.2, 0.25) is 0 Å². The number of carbonyl (C=O) groups is 2. The molecule has 1 unspecified atom stereocenters. The lowest BCUT2D eigenvalue weighted by Crippen LogP contribution is -2.32. The molecule has 1 amide bonds. The summed E-state index contributed by atoms with van der Waals surface area (Å²) in [6.07, 6.45) is 0. The predicted octanol–water partition coefficient (Wildman–Crippen LogP) is 2.65. The Bertz CT molecular complexity index is 696. The predicted molar refractivity (Wildman–Crippen MR) is 80.4 cm³/mol. The van der Waals surface area contributed by atoms with E-state index in [0.717, 1.165) is 0 Å². The van der Waals surface area contributed by atoms with E-state index < -0.39 is 11.0 Å². The Morgan fingerprint density at radius 2 is 1.64 bits per heavy atom. The van der Waals surface area contributed by atoms with E-state index in [9.17, 15) is 19.7 Å². The molecule has 0 spiro atoms. The third kappa shape index (κ3) is 3.54. The van der Waals surface area contributed by atoms with Crippen LogP contribution in [-0.2, 0) is 4.79 Å². The molecule has 6 nitrogen and oxygen atoms in total. The number of hydrogen-bond acceptors (Lipinski definition) is 4. The van der Waals surface area contributed by atoms with Gasteiger partial charge >= 0.3 is 0 Å². The number of carbonyl (C=O) groups excluding carboxylic acids is 2. The summed E-state index contributed by atoms with van der Waals surface area (Å²) in [6.45, 7) is 1.33. The zero-order valence-corrected chi connectivity index (χ0v) is 11.9. The van der Waals surface area contributed by atoms with Crippen molar-refractivity contribution in [2.45, 2.75) is 13.0 Å². The van der Waals surface area contributed by atoms with Crippen molar-refractivity contribution in [3.05, 3.63) is 75.8 Å². The molecular weight excluding hydrogens is 284 g/mol. The van der Waals surface area contributed by atoms with Crippen molar-refractivity contribution in [2.75, 3.05) is 0 Å². The average Bonchev–Trinajstić information content (AvgIpc) is 2.52. The van der Waals surface area contributed by atoms with E-state index in [1.165, 1.54) is 31.2 Å². The number of nitrogens with one attached hydrogen (secondary N) is 1. The van der Waals surface area contributed by atoms with Crippen LogP contribution in [0.4, 0.5) is 5.69 Å². The van der Waals surface area contributed by atoms with Crippen molar-refractivity contribution in [2.24, 2.45) is 0 Å². The van der Waals surface area contributed by atoms with E-state index in [4.69, 9.17) is 0 Å². The van der Waals surface area contributed by atoms with Crippen molar-refractivity contribution in [3.8, 4) is 0 Å². The molecule has 0 saturated carbocycles. The summed E-state index contributed by atoms with van der Waals surface area (Å²) in [5, 5.41) is 13.3. The molecule has 0 heterocycles. The number of non-ortho nitro benzene ring substituents is 1. The standard InChI is InChI=1S/C16H14N2O4/c1-11(19)17-15(12-5-3-2-4-6-12)16(20)13-7-9-14(10-8-13)18(21)22/h2-10,15H,1H3,(H,17,19). The van der Waals surface area contributed by atoms with E-state index >= 15 is 0 Å². The number of Topliss-reactive ketones (excluding diaryl/α,β-unsaturated/α-hetero) is 1. The molecule has 22 heavy (non-hydrogen) atoms. The SMILES string of the molecule is CC(=O)NC(C(=O)c1ccc([N+](=O)[O-])cc1)c1ccccc1. The highest BCUT2D eigenvalue weighted by Crippen LogP contribution is 2.20. The molecule has 0 aliphatic carbocycles. The highest BCUT2D eigenvalue weighted by atomic mass is 16.6. The highest BCUT2D eigenvalue weighted by molar-refractivity contribution is 6.02. The summed E-state index contributed by atoms with van der Waals surface area (Å²) in [4.78, 5) is 34.0. The van der Waals surface area contributed by atoms with E-state index in [1.54, 1.807) is 24.3 Å². The van der Waals surface area contributed by atoms with Gasteiger partial charge in [0.1, 0.15) is 6.04 Å². The Labute approximate surface area is 126 Å². The van der Waals surface area contributed by atoms with Crippen molar-refractivity contribution in [1.29, 1.82) is 0 Å². The Kier molecular flexibility index (Phi) is 4.63. The molecule has 6 heteroatoms. The van der Waals surface area contributed by atoms with Crippen LogP contribution in [0.25, 0.3) is 0 Å². The maximum absolute atomic E-state index is 12.6. The third-order valence-corrected chi connectivity index (χ3v) is 3.11. The minimum absolute atomic E-state index is 0.0904. The summed E-state index contributed by atoms with van der Waals surface area (Å²) in [5.41, 5.74) is 0.863. The lowest BCUT2D eigenvalue weighted by atomic mass is 9.97. The zero-order valence-electron chi connectivity index (χ0n) is 11.9. The van der Waals surface area contributed by atoms with Crippen LogP contribution in [0.1, 0.15) is 28.9 Å². The summed E-state index contributed by atoms with van der Waals surface area (Å²) in [6, 6.07) is 13.3. The topological polar surface area (TPSA) is 89.3 Å². The molecule has 2 aromatic rings. The Balaban J connectivity index is 2.33. The van der Waals surface area contributed by atoms with Crippen LogP contribution in [-0.4, -0.2) is 16.6 Å². The van der Waals surface area contributed by atoms with Crippen molar-refractivity contribution in [3.63, 3.8) is 0 Å². The van der Waals surface area contributed by atoms with Crippen molar-refractivity contribution < 1.29 is 14.5 Å². The highest BCUT2D eigenvalue weighted by Gasteiger charge is 2.23. The first-order valence-corrected chi connectivity index (χ1v) is 6.60. The first kappa shape index (κ1) is 15.4. The maximum atomic E-state index is 12.6. The fraction of sp³-hybridized carbons (Fsp3) is 0.125. The van der Waals surface area contributed by atoms with E-state index in [0.29, 0.717) is 11.1 Å². The van der Waals surface area contributed by atoms with Gasteiger partial charge < -0.3 is 5.32 Å². The van der Waals surface area contributed by atoms with Crippen LogP contribution in [0, 0.1) is 10.1 Å². The van der Waals surface area contributed by atoms with Crippen LogP contribution in [0.5, 0.6) is 0 Å². The van der Waals surface area contributed by atoms with Gasteiger partial charge in [-0.1, -0.05) is 30.3 Å². The van der Waals surface area contributed by atoms with Gasteiger partial charge in [0.15, 0.2) is 5.78 Å². The van der Waals surface area contributed by atoms with Gasteiger partial charge in [0, 0.05) is 24.6 Å². The number of rotatable bonds is 5. The van der Waals surface area contributed by atoms with Gasteiger partial charge in [-0.25, -0.2) is 0 Å². The number of amides is 1. The van der Waals surface area contributed by atoms with Crippen LogP contribution < -0.4 is 5.32 Å². The molecule has 0 aromatic heterocycles. The van der Waals surface area contributed by atoms with Crippen LogP contribution in [0.3, 0.4) is 0 Å². The quantitative estimate of drug-likeness (QED) is 0.522. The summed E-state index contributed by atoms with van der Waals surface area (Å²) >= 11 is 0. The van der Waals surface area contributed by atoms with Gasteiger partial charge in [-0.05, 0) is 17.7 Å². The number of nitrogens with zero attached hydrogens (tertiary/aromatic N) is 1. The molecule has 0 aliphatic heterocycles. The Morgan fingerprint density at radius 1 is 1.05 bits per heavy atom. The second kappa shape index (κ2) is 6.62. The third-order valence-electron chi connectivity index (χ3n) is 3.11. The lowest BCUT2D eigenvalue weighted by Gasteiger charge is -2.17. The molecule has 112 valence electrons. The van der Waals surface area contributed by atoms with Gasteiger partial charge in [0.05, 0.1) is 4.92 Å². The minimum Gasteiger partial charge on any atom is -0.342 e. The molecule has 0 fully saturated rings. The molecule has 2 rings (SSSR count). The van der Waals surface area contributed by atoms with Gasteiger partial charge in [-0.15, -0.1) is 0 Å². The molecule has 0 aliphatic rings. The number of nitro benzene ring substituents is 1. The maximum Gasteiger partial charge on any atom is 0.269 e. The fourth-order valence-corrected chi connectivity index (χ4v) is 2.06. The second-order valence-electron chi connectivity index (χ2n) is 4.71. The van der Waals surface area contributed by atoms with Gasteiger partial charge in [0.2, 0.25) is 5.91 Å². The Hall–Kier alpha value is -3.02. The molecule has 1 atom stereocenters. The van der Waals surface area contributed by atoms with Crippen molar-refractivity contribution >= 4 is 17.4 Å².